The summed E-state index contributed by atoms with van der Waals surface area (Å²) in [5.74, 6) is 0.780. The van der Waals surface area contributed by atoms with Gasteiger partial charge in [-0.1, -0.05) is 29.3 Å². The second kappa shape index (κ2) is 9.51. The summed E-state index contributed by atoms with van der Waals surface area (Å²) < 4.78 is 5.49. The minimum absolute atomic E-state index is 0.0258. The monoisotopic (exact) mass is 459 g/mol. The van der Waals surface area contributed by atoms with Crippen LogP contribution < -0.4 is 10.1 Å². The van der Waals surface area contributed by atoms with Crippen molar-refractivity contribution in [2.45, 2.75) is 30.0 Å². The number of fused-ring (bicyclic) bond motifs is 1. The Morgan fingerprint density at radius 3 is 2.71 bits per heavy atom. The van der Waals surface area contributed by atoms with Crippen LogP contribution in [0.4, 0.5) is 5.69 Å². The number of nitrogens with zero attached hydrogens (tertiary/aromatic N) is 2. The van der Waals surface area contributed by atoms with Crippen molar-refractivity contribution in [3.05, 3.63) is 52.5 Å². The van der Waals surface area contributed by atoms with Crippen molar-refractivity contribution in [1.82, 2.24) is 9.80 Å². The number of ether oxygens (including phenoxy) is 1. The van der Waals surface area contributed by atoms with E-state index < -0.39 is 5.25 Å². The van der Waals surface area contributed by atoms with E-state index in [9.17, 15) is 9.59 Å². The molecule has 6 nitrogen and oxygen atoms in total. The summed E-state index contributed by atoms with van der Waals surface area (Å²) in [4.78, 5) is 30.5. The zero-order valence-electron chi connectivity index (χ0n) is 17.7. The Bertz CT molecular complexity index is 992. The number of amides is 2. The number of carbonyl (C=O) groups excluding carboxylic acids is 2. The molecule has 2 aliphatic rings. The number of carbonyl (C=O) groups is 2. The Morgan fingerprint density at radius 2 is 1.97 bits per heavy atom. The summed E-state index contributed by atoms with van der Waals surface area (Å²) in [6, 6.07) is 11.6. The highest BCUT2D eigenvalue weighted by atomic mass is 35.5. The molecule has 8 heteroatoms. The quantitative estimate of drug-likeness (QED) is 0.736. The van der Waals surface area contributed by atoms with Crippen molar-refractivity contribution < 1.29 is 14.3 Å². The number of halogens is 1. The molecule has 2 aromatic rings. The first-order valence-electron chi connectivity index (χ1n) is 10.3. The van der Waals surface area contributed by atoms with E-state index in [-0.39, 0.29) is 18.2 Å². The lowest BCUT2D eigenvalue weighted by Crippen LogP contribution is -2.49. The molecule has 1 atom stereocenters. The highest BCUT2D eigenvalue weighted by molar-refractivity contribution is 8.01. The second-order valence-corrected chi connectivity index (χ2v) is 9.59. The lowest BCUT2D eigenvalue weighted by Gasteiger charge is -2.35. The molecule has 1 N–H and O–H groups in total. The van der Waals surface area contributed by atoms with Crippen LogP contribution in [-0.2, 0) is 16.1 Å². The first kappa shape index (κ1) is 22.0. The Labute approximate surface area is 191 Å². The number of rotatable bonds is 5. The highest BCUT2D eigenvalue weighted by Crippen LogP contribution is 2.38. The molecule has 0 unspecified atom stereocenters. The number of hydrogen-bond donors (Lipinski definition) is 1. The van der Waals surface area contributed by atoms with Crippen molar-refractivity contribution >= 4 is 40.9 Å². The molecule has 0 aliphatic carbocycles. The van der Waals surface area contributed by atoms with Crippen LogP contribution in [0.3, 0.4) is 0 Å². The lowest BCUT2D eigenvalue weighted by atomic mass is 10.1. The molecular weight excluding hydrogens is 434 g/mol. The number of hydrogen-bond acceptors (Lipinski definition) is 5. The van der Waals surface area contributed by atoms with Gasteiger partial charge in [0, 0.05) is 54.6 Å². The largest absolute Gasteiger partial charge is 0.496 e. The zero-order chi connectivity index (χ0) is 22.0. The van der Waals surface area contributed by atoms with E-state index in [0.29, 0.717) is 23.8 Å². The lowest BCUT2D eigenvalue weighted by molar-refractivity contribution is -0.134. The SMILES string of the molecule is COc1ccc(C)cc1CN1CCN(C(=O)C[C@@H]2Sc3ccc(Cl)cc3NC2=O)CC1. The third-order valence-corrected chi connectivity index (χ3v) is 7.19. The van der Waals surface area contributed by atoms with Gasteiger partial charge in [0.15, 0.2) is 0 Å². The summed E-state index contributed by atoms with van der Waals surface area (Å²) in [7, 11) is 1.69. The van der Waals surface area contributed by atoms with E-state index in [1.165, 1.54) is 17.3 Å². The third kappa shape index (κ3) is 5.17. The van der Waals surface area contributed by atoms with Crippen LogP contribution in [0.1, 0.15) is 17.5 Å². The third-order valence-electron chi connectivity index (χ3n) is 5.68. The van der Waals surface area contributed by atoms with E-state index in [1.54, 1.807) is 19.2 Å². The molecule has 4 rings (SSSR count). The number of nitrogens with one attached hydrogen (secondary N) is 1. The van der Waals surface area contributed by atoms with Crippen LogP contribution in [0, 0.1) is 6.92 Å². The average molecular weight is 460 g/mol. The zero-order valence-corrected chi connectivity index (χ0v) is 19.3. The highest BCUT2D eigenvalue weighted by Gasteiger charge is 2.31. The molecule has 0 saturated carbocycles. The Kier molecular flexibility index (Phi) is 6.74. The standard InChI is InChI=1S/C23H26ClN3O3S/c1-15-3-5-19(30-2)16(11-15)14-26-7-9-27(10-8-26)22(28)13-21-23(29)25-18-12-17(24)4-6-20(18)31-21/h3-6,11-12,21H,7-10,13-14H2,1-2H3,(H,25,29)/t21-/m0/s1. The van der Waals surface area contributed by atoms with Gasteiger partial charge in [-0.05, 0) is 31.2 Å². The van der Waals surface area contributed by atoms with Crippen LogP contribution in [-0.4, -0.2) is 60.2 Å². The number of aryl methyl sites for hydroxylation is 1. The molecule has 1 saturated heterocycles. The van der Waals surface area contributed by atoms with Gasteiger partial charge in [-0.25, -0.2) is 0 Å². The van der Waals surface area contributed by atoms with Crippen LogP contribution in [0.15, 0.2) is 41.3 Å². The molecule has 0 aromatic heterocycles. The van der Waals surface area contributed by atoms with E-state index in [0.717, 1.165) is 35.8 Å². The number of benzene rings is 2. The average Bonchev–Trinajstić information content (AvgIpc) is 2.75. The molecule has 0 spiro atoms. The predicted octanol–water partition coefficient (Wildman–Crippen LogP) is 3.80. The van der Waals surface area contributed by atoms with Gasteiger partial charge in [0.05, 0.1) is 18.0 Å². The van der Waals surface area contributed by atoms with Crippen molar-refractivity contribution in [3.63, 3.8) is 0 Å². The van der Waals surface area contributed by atoms with E-state index in [4.69, 9.17) is 16.3 Å². The number of piperazine rings is 1. The molecule has 164 valence electrons. The fraction of sp³-hybridized carbons (Fsp3) is 0.391. The molecule has 0 radical (unpaired) electrons. The molecule has 1 fully saturated rings. The van der Waals surface area contributed by atoms with E-state index in [2.05, 4.69) is 23.2 Å². The van der Waals surface area contributed by atoms with Crippen LogP contribution in [0.2, 0.25) is 5.02 Å². The first-order chi connectivity index (χ1) is 14.9. The Morgan fingerprint density at radius 1 is 1.19 bits per heavy atom. The summed E-state index contributed by atoms with van der Waals surface area (Å²) in [5, 5.41) is 3.03. The topological polar surface area (TPSA) is 61.9 Å². The molecular formula is C23H26ClN3O3S. The van der Waals surface area contributed by atoms with Crippen LogP contribution in [0.25, 0.3) is 0 Å². The smallest absolute Gasteiger partial charge is 0.238 e. The molecule has 2 aliphatic heterocycles. The van der Waals surface area contributed by atoms with Crippen molar-refractivity contribution in [1.29, 1.82) is 0 Å². The number of methoxy groups -OCH3 is 1. The summed E-state index contributed by atoms with van der Waals surface area (Å²) >= 11 is 7.43. The maximum Gasteiger partial charge on any atom is 0.238 e. The predicted molar refractivity (Wildman–Crippen MR) is 124 cm³/mol. The van der Waals surface area contributed by atoms with Gasteiger partial charge in [0.1, 0.15) is 5.75 Å². The minimum atomic E-state index is -0.421. The Balaban J connectivity index is 1.31. The van der Waals surface area contributed by atoms with Gasteiger partial charge < -0.3 is 15.0 Å². The maximum atomic E-state index is 12.9. The normalized spacial score (nSPS) is 19.0. The first-order valence-corrected chi connectivity index (χ1v) is 11.6. The van der Waals surface area contributed by atoms with Gasteiger partial charge in [0.2, 0.25) is 11.8 Å². The van der Waals surface area contributed by atoms with E-state index >= 15 is 0 Å². The van der Waals surface area contributed by atoms with Gasteiger partial charge in [-0.15, -0.1) is 11.8 Å². The van der Waals surface area contributed by atoms with Crippen molar-refractivity contribution in [2.75, 3.05) is 38.6 Å². The van der Waals surface area contributed by atoms with Crippen molar-refractivity contribution in [2.24, 2.45) is 0 Å². The molecule has 2 heterocycles. The van der Waals surface area contributed by atoms with Gasteiger partial charge in [-0.3, -0.25) is 14.5 Å². The summed E-state index contributed by atoms with van der Waals surface area (Å²) in [6.07, 6.45) is 0.199. The second-order valence-electron chi connectivity index (χ2n) is 7.91. The molecule has 31 heavy (non-hydrogen) atoms. The van der Waals surface area contributed by atoms with Gasteiger partial charge >= 0.3 is 0 Å². The van der Waals surface area contributed by atoms with Crippen LogP contribution in [0.5, 0.6) is 5.75 Å². The van der Waals surface area contributed by atoms with Gasteiger partial charge in [-0.2, -0.15) is 0 Å². The minimum Gasteiger partial charge on any atom is -0.496 e. The van der Waals surface area contributed by atoms with Gasteiger partial charge in [0.25, 0.3) is 0 Å². The maximum absolute atomic E-state index is 12.9. The van der Waals surface area contributed by atoms with E-state index in [1.807, 2.05) is 23.1 Å². The Hall–Kier alpha value is -2.22. The fourth-order valence-corrected chi connectivity index (χ4v) is 5.23. The molecule has 2 amide bonds. The molecule has 2 aromatic carbocycles. The van der Waals surface area contributed by atoms with Crippen molar-refractivity contribution in [3.8, 4) is 5.75 Å². The fourth-order valence-electron chi connectivity index (χ4n) is 3.97. The number of thioether (sulfide) groups is 1. The summed E-state index contributed by atoms with van der Waals surface area (Å²) in [6.45, 7) is 5.80. The number of anilines is 1. The molecule has 0 bridgehead atoms. The van der Waals surface area contributed by atoms with Crippen LogP contribution >= 0.6 is 23.4 Å². The summed E-state index contributed by atoms with van der Waals surface area (Å²) in [5.41, 5.74) is 3.08.